The Balaban J connectivity index is 2.53. The summed E-state index contributed by atoms with van der Waals surface area (Å²) in [5, 5.41) is 0.924. The summed E-state index contributed by atoms with van der Waals surface area (Å²) < 4.78 is 0. The zero-order valence-corrected chi connectivity index (χ0v) is 12.0. The molecule has 0 bridgehead atoms. The third-order valence-electron chi connectivity index (χ3n) is 3.65. The maximum atomic E-state index is 12.6. The van der Waals surface area contributed by atoms with E-state index in [0.717, 1.165) is 28.6 Å². The monoisotopic (exact) mass is 256 g/mol. The van der Waals surface area contributed by atoms with Gasteiger partial charge in [-0.05, 0) is 32.4 Å². The number of nitrogens with zero attached hydrogens (tertiary/aromatic N) is 2. The standard InChI is InChI=1S/C16H20N2O/c1-5-12(3)18(4)16(19)14-10-11(2)17-15-9-7-6-8-13(14)15/h6-10,12H,5H2,1-4H3. The average molecular weight is 256 g/mol. The van der Waals surface area contributed by atoms with E-state index < -0.39 is 0 Å². The lowest BCUT2D eigenvalue weighted by atomic mass is 10.1. The van der Waals surface area contributed by atoms with Gasteiger partial charge in [0.15, 0.2) is 0 Å². The number of pyridine rings is 1. The molecule has 3 heteroatoms. The summed E-state index contributed by atoms with van der Waals surface area (Å²) in [5.74, 6) is 0.0658. The van der Waals surface area contributed by atoms with Crippen molar-refractivity contribution in [3.8, 4) is 0 Å². The van der Waals surface area contributed by atoms with E-state index in [1.165, 1.54) is 0 Å². The van der Waals surface area contributed by atoms with Gasteiger partial charge in [-0.1, -0.05) is 25.1 Å². The molecule has 3 nitrogen and oxygen atoms in total. The number of aryl methyl sites for hydroxylation is 1. The first kappa shape index (κ1) is 13.5. The number of benzene rings is 1. The van der Waals surface area contributed by atoms with Crippen molar-refractivity contribution in [3.63, 3.8) is 0 Å². The lowest BCUT2D eigenvalue weighted by molar-refractivity contribution is 0.0742. The van der Waals surface area contributed by atoms with Gasteiger partial charge in [-0.25, -0.2) is 0 Å². The van der Waals surface area contributed by atoms with Crippen LogP contribution < -0.4 is 0 Å². The molecule has 2 aromatic rings. The van der Waals surface area contributed by atoms with E-state index in [2.05, 4.69) is 18.8 Å². The Kier molecular flexibility index (Phi) is 3.84. The summed E-state index contributed by atoms with van der Waals surface area (Å²) in [7, 11) is 1.86. The zero-order chi connectivity index (χ0) is 14.0. The van der Waals surface area contributed by atoms with Gasteiger partial charge in [-0.15, -0.1) is 0 Å². The average Bonchev–Trinajstić information content (AvgIpc) is 2.43. The Labute approximate surface area is 114 Å². The minimum absolute atomic E-state index is 0.0658. The van der Waals surface area contributed by atoms with Crippen molar-refractivity contribution in [1.29, 1.82) is 0 Å². The number of para-hydroxylation sites is 1. The second-order valence-corrected chi connectivity index (χ2v) is 5.00. The fourth-order valence-corrected chi connectivity index (χ4v) is 2.15. The number of rotatable bonds is 3. The van der Waals surface area contributed by atoms with Crippen LogP contribution in [0.25, 0.3) is 10.9 Å². The van der Waals surface area contributed by atoms with Crippen molar-refractivity contribution in [2.24, 2.45) is 0 Å². The molecule has 0 saturated carbocycles. The van der Waals surface area contributed by atoms with E-state index in [1.54, 1.807) is 4.90 Å². The van der Waals surface area contributed by atoms with Crippen LogP contribution in [0.4, 0.5) is 0 Å². The first-order chi connectivity index (χ1) is 9.04. The molecule has 1 aromatic carbocycles. The van der Waals surface area contributed by atoms with Crippen molar-refractivity contribution in [3.05, 3.63) is 41.6 Å². The summed E-state index contributed by atoms with van der Waals surface area (Å²) in [6, 6.07) is 9.91. The molecular weight excluding hydrogens is 236 g/mol. The quantitative estimate of drug-likeness (QED) is 0.843. The second kappa shape index (κ2) is 5.39. The highest BCUT2D eigenvalue weighted by Gasteiger charge is 2.19. The number of amides is 1. The predicted molar refractivity (Wildman–Crippen MR) is 78.3 cm³/mol. The van der Waals surface area contributed by atoms with Crippen LogP contribution in [0.1, 0.15) is 36.3 Å². The maximum Gasteiger partial charge on any atom is 0.254 e. The highest BCUT2D eigenvalue weighted by Crippen LogP contribution is 2.20. The third kappa shape index (κ3) is 2.60. The molecule has 0 saturated heterocycles. The molecule has 0 radical (unpaired) electrons. The molecule has 0 aliphatic carbocycles. The van der Waals surface area contributed by atoms with Crippen LogP contribution in [0.2, 0.25) is 0 Å². The summed E-state index contributed by atoms with van der Waals surface area (Å²) in [6.45, 7) is 6.07. The van der Waals surface area contributed by atoms with Crippen molar-refractivity contribution < 1.29 is 4.79 Å². The number of hydrogen-bond donors (Lipinski definition) is 0. The van der Waals surface area contributed by atoms with Crippen LogP contribution >= 0.6 is 0 Å². The van der Waals surface area contributed by atoms with Gasteiger partial charge in [-0.3, -0.25) is 9.78 Å². The van der Waals surface area contributed by atoms with Gasteiger partial charge in [-0.2, -0.15) is 0 Å². The van der Waals surface area contributed by atoms with Gasteiger partial charge in [0.2, 0.25) is 0 Å². The summed E-state index contributed by atoms with van der Waals surface area (Å²) in [6.07, 6.45) is 0.949. The van der Waals surface area contributed by atoms with Crippen molar-refractivity contribution in [2.45, 2.75) is 33.2 Å². The molecule has 0 aliphatic rings. The van der Waals surface area contributed by atoms with Gasteiger partial charge in [0.25, 0.3) is 5.91 Å². The predicted octanol–water partition coefficient (Wildman–Crippen LogP) is 3.41. The SMILES string of the molecule is CCC(C)N(C)C(=O)c1cc(C)nc2ccccc12. The molecule has 1 unspecified atom stereocenters. The molecule has 0 N–H and O–H groups in total. The third-order valence-corrected chi connectivity index (χ3v) is 3.65. The lowest BCUT2D eigenvalue weighted by Crippen LogP contribution is -2.34. The van der Waals surface area contributed by atoms with E-state index in [9.17, 15) is 4.79 Å². The smallest absolute Gasteiger partial charge is 0.254 e. The van der Waals surface area contributed by atoms with Crippen LogP contribution in [0.3, 0.4) is 0 Å². The van der Waals surface area contributed by atoms with Gasteiger partial charge in [0, 0.05) is 24.2 Å². The highest BCUT2D eigenvalue weighted by molar-refractivity contribution is 6.06. The molecule has 0 fully saturated rings. The molecular formula is C16H20N2O. The number of carbonyl (C=O) groups is 1. The van der Waals surface area contributed by atoms with E-state index >= 15 is 0 Å². The zero-order valence-electron chi connectivity index (χ0n) is 12.0. The van der Waals surface area contributed by atoms with Crippen molar-refractivity contribution in [1.82, 2.24) is 9.88 Å². The van der Waals surface area contributed by atoms with Crippen molar-refractivity contribution >= 4 is 16.8 Å². The number of fused-ring (bicyclic) bond motifs is 1. The van der Waals surface area contributed by atoms with Crippen LogP contribution in [0.15, 0.2) is 30.3 Å². The van der Waals surface area contributed by atoms with Gasteiger partial charge in [0.1, 0.15) is 0 Å². The number of carbonyl (C=O) groups excluding carboxylic acids is 1. The van der Waals surface area contributed by atoms with Crippen LogP contribution in [-0.2, 0) is 0 Å². The molecule has 1 amide bonds. The van der Waals surface area contributed by atoms with Crippen LogP contribution in [0, 0.1) is 6.92 Å². The van der Waals surface area contributed by atoms with E-state index in [1.807, 2.05) is 44.3 Å². The largest absolute Gasteiger partial charge is 0.339 e. The Morgan fingerprint density at radius 2 is 2.05 bits per heavy atom. The number of aromatic nitrogens is 1. The van der Waals surface area contributed by atoms with E-state index in [0.29, 0.717) is 0 Å². The summed E-state index contributed by atoms with van der Waals surface area (Å²) in [5.41, 5.74) is 2.49. The first-order valence-electron chi connectivity index (χ1n) is 6.68. The number of hydrogen-bond acceptors (Lipinski definition) is 2. The lowest BCUT2D eigenvalue weighted by Gasteiger charge is -2.24. The van der Waals surface area contributed by atoms with Gasteiger partial charge >= 0.3 is 0 Å². The summed E-state index contributed by atoms with van der Waals surface area (Å²) in [4.78, 5) is 18.9. The highest BCUT2D eigenvalue weighted by atomic mass is 16.2. The molecule has 1 atom stereocenters. The maximum absolute atomic E-state index is 12.6. The molecule has 0 spiro atoms. The van der Waals surface area contributed by atoms with E-state index in [-0.39, 0.29) is 11.9 Å². The molecule has 0 aliphatic heterocycles. The molecule has 2 rings (SSSR count). The second-order valence-electron chi connectivity index (χ2n) is 5.00. The Bertz CT molecular complexity index is 607. The normalized spacial score (nSPS) is 12.4. The molecule has 19 heavy (non-hydrogen) atoms. The minimum Gasteiger partial charge on any atom is -0.339 e. The first-order valence-corrected chi connectivity index (χ1v) is 6.68. The Morgan fingerprint density at radius 3 is 2.74 bits per heavy atom. The summed E-state index contributed by atoms with van der Waals surface area (Å²) >= 11 is 0. The molecule has 1 heterocycles. The fourth-order valence-electron chi connectivity index (χ4n) is 2.15. The molecule has 100 valence electrons. The Morgan fingerprint density at radius 1 is 1.37 bits per heavy atom. The van der Waals surface area contributed by atoms with Gasteiger partial charge in [0.05, 0.1) is 11.1 Å². The van der Waals surface area contributed by atoms with Crippen LogP contribution in [0.5, 0.6) is 0 Å². The Hall–Kier alpha value is -1.90. The van der Waals surface area contributed by atoms with E-state index in [4.69, 9.17) is 0 Å². The minimum atomic E-state index is 0.0658. The molecule has 1 aromatic heterocycles. The van der Waals surface area contributed by atoms with Crippen LogP contribution in [-0.4, -0.2) is 28.9 Å². The topological polar surface area (TPSA) is 33.2 Å². The van der Waals surface area contributed by atoms with Gasteiger partial charge < -0.3 is 4.90 Å². The van der Waals surface area contributed by atoms with Crippen molar-refractivity contribution in [2.75, 3.05) is 7.05 Å². The fraction of sp³-hybridized carbons (Fsp3) is 0.375.